The summed E-state index contributed by atoms with van der Waals surface area (Å²) in [5, 5.41) is 11.7. The molecule has 0 aliphatic carbocycles. The van der Waals surface area contributed by atoms with E-state index in [9.17, 15) is 18.0 Å². The van der Waals surface area contributed by atoms with E-state index in [0.717, 1.165) is 42.6 Å². The Morgan fingerprint density at radius 1 is 1.08 bits per heavy atom. The first-order chi connectivity index (χ1) is 12.4. The lowest BCUT2D eigenvalue weighted by Crippen LogP contribution is -2.36. The summed E-state index contributed by atoms with van der Waals surface area (Å²) < 4.78 is 38.5. The van der Waals surface area contributed by atoms with Crippen molar-refractivity contribution in [3.8, 4) is 11.4 Å². The van der Waals surface area contributed by atoms with Crippen molar-refractivity contribution in [1.82, 2.24) is 25.1 Å². The van der Waals surface area contributed by atoms with Gasteiger partial charge in [-0.3, -0.25) is 4.79 Å². The van der Waals surface area contributed by atoms with Crippen molar-refractivity contribution >= 4 is 5.91 Å². The highest BCUT2D eigenvalue weighted by Gasteiger charge is 2.30. The summed E-state index contributed by atoms with van der Waals surface area (Å²) in [6.45, 7) is 1.37. The summed E-state index contributed by atoms with van der Waals surface area (Å²) in [5.41, 5.74) is -0.562. The van der Waals surface area contributed by atoms with Gasteiger partial charge in [-0.1, -0.05) is 31.4 Å². The second-order valence-corrected chi connectivity index (χ2v) is 6.37. The van der Waals surface area contributed by atoms with Crippen LogP contribution in [0.25, 0.3) is 11.4 Å². The first-order valence-corrected chi connectivity index (χ1v) is 8.67. The Labute approximate surface area is 149 Å². The molecule has 1 aromatic heterocycles. The number of tetrazole rings is 1. The van der Waals surface area contributed by atoms with Crippen LogP contribution < -0.4 is 0 Å². The van der Waals surface area contributed by atoms with Crippen LogP contribution in [0.3, 0.4) is 0 Å². The smallest absolute Gasteiger partial charge is 0.341 e. The molecule has 0 N–H and O–H groups in total. The highest BCUT2D eigenvalue weighted by molar-refractivity contribution is 5.75. The molecule has 1 amide bonds. The quantitative estimate of drug-likeness (QED) is 0.836. The first-order valence-electron chi connectivity index (χ1n) is 8.67. The predicted molar refractivity (Wildman–Crippen MR) is 87.9 cm³/mol. The second kappa shape index (κ2) is 7.84. The Hall–Kier alpha value is -2.45. The maximum absolute atomic E-state index is 12.8. The molecule has 1 fully saturated rings. The molecule has 0 bridgehead atoms. The largest absolute Gasteiger partial charge is 0.416 e. The van der Waals surface area contributed by atoms with E-state index >= 15 is 0 Å². The van der Waals surface area contributed by atoms with Crippen LogP contribution in [0.15, 0.2) is 24.3 Å². The number of carbonyl (C=O) groups is 1. The number of halogens is 3. The molecule has 1 saturated heterocycles. The third-order valence-electron chi connectivity index (χ3n) is 4.39. The zero-order valence-corrected chi connectivity index (χ0v) is 14.2. The predicted octanol–water partition coefficient (Wildman–Crippen LogP) is 3.15. The Kier molecular flexibility index (Phi) is 5.53. The SMILES string of the molecule is O=C(Cn1nnc(-c2cccc(C(F)(F)F)c2)n1)N1CCCCCCC1. The Morgan fingerprint density at radius 2 is 1.77 bits per heavy atom. The molecule has 0 unspecified atom stereocenters. The summed E-state index contributed by atoms with van der Waals surface area (Å²) in [4.78, 5) is 15.3. The molecule has 6 nitrogen and oxygen atoms in total. The third kappa shape index (κ3) is 4.59. The molecule has 9 heteroatoms. The number of hydrogen-bond donors (Lipinski definition) is 0. The number of carbonyl (C=O) groups excluding carboxylic acids is 1. The van der Waals surface area contributed by atoms with Crippen LogP contribution in [0.1, 0.15) is 37.7 Å². The Bertz CT molecular complexity index is 751. The van der Waals surface area contributed by atoms with Gasteiger partial charge in [-0.25, -0.2) is 0 Å². The van der Waals surface area contributed by atoms with E-state index in [0.29, 0.717) is 13.1 Å². The summed E-state index contributed by atoms with van der Waals surface area (Å²) in [5.74, 6) is -0.0311. The third-order valence-corrected chi connectivity index (χ3v) is 4.39. The molecular formula is C17H20F3N5O. The van der Waals surface area contributed by atoms with Crippen LogP contribution in [0.4, 0.5) is 13.2 Å². The highest BCUT2D eigenvalue weighted by Crippen LogP contribution is 2.31. The van der Waals surface area contributed by atoms with Crippen LogP contribution in [0.2, 0.25) is 0 Å². The van der Waals surface area contributed by atoms with Crippen LogP contribution in [0, 0.1) is 0 Å². The van der Waals surface area contributed by atoms with Gasteiger partial charge in [0.25, 0.3) is 0 Å². The fourth-order valence-corrected chi connectivity index (χ4v) is 2.98. The van der Waals surface area contributed by atoms with E-state index in [4.69, 9.17) is 0 Å². The van der Waals surface area contributed by atoms with Gasteiger partial charge in [0, 0.05) is 18.7 Å². The topological polar surface area (TPSA) is 63.9 Å². The van der Waals surface area contributed by atoms with Crippen molar-refractivity contribution in [3.05, 3.63) is 29.8 Å². The average Bonchev–Trinajstić information content (AvgIpc) is 3.02. The second-order valence-electron chi connectivity index (χ2n) is 6.37. The summed E-state index contributed by atoms with van der Waals surface area (Å²) in [7, 11) is 0. The fraction of sp³-hybridized carbons (Fsp3) is 0.529. The number of amides is 1. The zero-order valence-electron chi connectivity index (χ0n) is 14.2. The van der Waals surface area contributed by atoms with Crippen molar-refractivity contribution in [1.29, 1.82) is 0 Å². The molecule has 3 rings (SSSR count). The molecule has 1 aliphatic heterocycles. The number of nitrogens with zero attached hydrogens (tertiary/aromatic N) is 5. The van der Waals surface area contributed by atoms with Gasteiger partial charge in [-0.2, -0.15) is 18.0 Å². The molecule has 2 heterocycles. The summed E-state index contributed by atoms with van der Waals surface area (Å²) in [6, 6.07) is 4.74. The van der Waals surface area contributed by atoms with Crippen molar-refractivity contribution in [2.24, 2.45) is 0 Å². The van der Waals surface area contributed by atoms with Gasteiger partial charge in [0.2, 0.25) is 11.7 Å². The van der Waals surface area contributed by atoms with E-state index in [2.05, 4.69) is 15.4 Å². The molecule has 0 radical (unpaired) electrons. The summed E-state index contributed by atoms with van der Waals surface area (Å²) >= 11 is 0. The fourth-order valence-electron chi connectivity index (χ4n) is 2.98. The van der Waals surface area contributed by atoms with Crippen molar-refractivity contribution in [2.75, 3.05) is 13.1 Å². The molecule has 1 aromatic carbocycles. The van der Waals surface area contributed by atoms with E-state index < -0.39 is 11.7 Å². The molecule has 2 aromatic rings. The monoisotopic (exact) mass is 367 g/mol. The van der Waals surface area contributed by atoms with Crippen LogP contribution in [-0.4, -0.2) is 44.1 Å². The number of likely N-dealkylation sites (tertiary alicyclic amines) is 1. The van der Waals surface area contributed by atoms with E-state index in [1.165, 1.54) is 18.6 Å². The van der Waals surface area contributed by atoms with Crippen molar-refractivity contribution in [2.45, 2.75) is 44.8 Å². The minimum Gasteiger partial charge on any atom is -0.341 e. The van der Waals surface area contributed by atoms with Gasteiger partial charge in [0.05, 0.1) is 5.56 Å². The average molecular weight is 367 g/mol. The molecule has 1 aliphatic rings. The molecule has 0 spiro atoms. The van der Waals surface area contributed by atoms with Gasteiger partial charge >= 0.3 is 6.18 Å². The lowest BCUT2D eigenvalue weighted by atomic mass is 10.1. The van der Waals surface area contributed by atoms with E-state index in [1.807, 2.05) is 0 Å². The molecule has 26 heavy (non-hydrogen) atoms. The standard InChI is InChI=1S/C17H20F3N5O/c18-17(19,20)14-8-6-7-13(11-14)16-21-23-25(22-16)12-15(26)24-9-4-2-1-3-5-10-24/h6-8,11H,1-5,9-10,12H2. The maximum atomic E-state index is 12.8. The first kappa shape index (κ1) is 18.3. The van der Waals surface area contributed by atoms with Gasteiger partial charge < -0.3 is 4.90 Å². The van der Waals surface area contributed by atoms with Gasteiger partial charge in [-0.05, 0) is 30.2 Å². The molecule has 0 saturated carbocycles. The van der Waals surface area contributed by atoms with Crippen molar-refractivity contribution < 1.29 is 18.0 Å². The maximum Gasteiger partial charge on any atom is 0.416 e. The number of aromatic nitrogens is 4. The van der Waals surface area contributed by atoms with Gasteiger partial charge in [-0.15, -0.1) is 10.2 Å². The van der Waals surface area contributed by atoms with E-state index in [-0.39, 0.29) is 23.8 Å². The van der Waals surface area contributed by atoms with Crippen LogP contribution >= 0.6 is 0 Å². The lowest BCUT2D eigenvalue weighted by molar-refractivity contribution is -0.137. The number of rotatable bonds is 3. The Balaban J connectivity index is 1.69. The van der Waals surface area contributed by atoms with Crippen LogP contribution in [0.5, 0.6) is 0 Å². The molecular weight excluding hydrogens is 347 g/mol. The number of alkyl halides is 3. The van der Waals surface area contributed by atoms with E-state index in [1.54, 1.807) is 4.90 Å². The number of hydrogen-bond acceptors (Lipinski definition) is 4. The van der Waals surface area contributed by atoms with Gasteiger partial charge in [0.1, 0.15) is 6.54 Å². The lowest BCUT2D eigenvalue weighted by Gasteiger charge is -2.24. The van der Waals surface area contributed by atoms with Gasteiger partial charge in [0.15, 0.2) is 0 Å². The van der Waals surface area contributed by atoms with Crippen LogP contribution in [-0.2, 0) is 17.5 Å². The Morgan fingerprint density at radius 3 is 2.46 bits per heavy atom. The summed E-state index contributed by atoms with van der Waals surface area (Å²) in [6.07, 6.45) is 0.953. The molecule has 140 valence electrons. The normalized spacial score (nSPS) is 16.2. The van der Waals surface area contributed by atoms with Crippen molar-refractivity contribution in [3.63, 3.8) is 0 Å². The zero-order chi connectivity index (χ0) is 18.6. The minimum absolute atomic E-state index is 0.0635. The minimum atomic E-state index is -4.44. The highest BCUT2D eigenvalue weighted by atomic mass is 19.4. The molecule has 0 atom stereocenters. The number of benzene rings is 1.